The van der Waals surface area contributed by atoms with Crippen molar-refractivity contribution in [2.24, 2.45) is 23.7 Å². The molecule has 14 heteroatoms. The lowest BCUT2D eigenvalue weighted by Crippen LogP contribution is -2.60. The van der Waals surface area contributed by atoms with Crippen molar-refractivity contribution >= 4 is 35.3 Å². The van der Waals surface area contributed by atoms with Gasteiger partial charge in [0.05, 0.1) is 42.7 Å². The largest absolute Gasteiger partial charge is 0.480 e. The van der Waals surface area contributed by atoms with Crippen LogP contribution in [0.5, 0.6) is 0 Å². The summed E-state index contributed by atoms with van der Waals surface area (Å²) >= 11 is 0. The lowest BCUT2D eigenvalue weighted by Gasteiger charge is -2.41. The highest BCUT2D eigenvalue weighted by molar-refractivity contribution is 5.90. The molecule has 3 N–H and O–H groups in total. The lowest BCUT2D eigenvalue weighted by molar-refractivity contribution is -0.148. The Hall–Kier alpha value is -4.53. The fourth-order valence-electron chi connectivity index (χ4n) is 9.28. The Kier molecular flexibility index (Phi) is 21.9. The number of likely N-dealkylation sites (tertiary alicyclic amines) is 1. The summed E-state index contributed by atoms with van der Waals surface area (Å²) in [5.41, 5.74) is 3.12. The predicted octanol–water partition coefficient (Wildman–Crippen LogP) is 5.90. The first-order valence-corrected chi connectivity index (χ1v) is 23.7. The minimum Gasteiger partial charge on any atom is -0.480 e. The zero-order valence-corrected chi connectivity index (χ0v) is 41.9. The van der Waals surface area contributed by atoms with E-state index in [9.17, 15) is 29.1 Å². The first-order valence-electron chi connectivity index (χ1n) is 23.7. The van der Waals surface area contributed by atoms with Crippen LogP contribution in [0.3, 0.4) is 0 Å². The van der Waals surface area contributed by atoms with Gasteiger partial charge < -0.3 is 39.9 Å². The Morgan fingerprint density at radius 2 is 1.45 bits per heavy atom. The molecule has 2 aromatic carbocycles. The molecule has 1 aliphatic heterocycles. The molecule has 0 saturated carbocycles. The zero-order chi connectivity index (χ0) is 48.7. The third kappa shape index (κ3) is 15.0. The van der Waals surface area contributed by atoms with E-state index in [-0.39, 0.29) is 48.3 Å². The number of aliphatic carboxylic acids is 1. The van der Waals surface area contributed by atoms with Crippen LogP contribution in [-0.4, -0.2) is 146 Å². The van der Waals surface area contributed by atoms with Crippen molar-refractivity contribution in [2.45, 2.75) is 149 Å². The summed E-state index contributed by atoms with van der Waals surface area (Å²) in [6, 6.07) is 14.7. The maximum absolute atomic E-state index is 14.6. The second kappa shape index (κ2) is 26.0. The number of nitrogens with one attached hydrogen (secondary N) is 2. The number of benzene rings is 2. The van der Waals surface area contributed by atoms with Gasteiger partial charge >= 0.3 is 5.97 Å². The Morgan fingerprint density at radius 3 is 1.97 bits per heavy atom. The van der Waals surface area contributed by atoms with Crippen molar-refractivity contribution in [3.63, 3.8) is 0 Å². The summed E-state index contributed by atoms with van der Waals surface area (Å²) in [7, 11) is 8.83. The van der Waals surface area contributed by atoms with E-state index in [2.05, 4.69) is 65.6 Å². The standard InChI is InChI=1S/C51H82N6O8/c1-15-35(8)46(56(12)50(61)44(32(2)3)53-49(60)45(33(4)5)54(10)29-27-37-23-25-39(26-24-37)55(11)34(6)7)42(64-13)31-43(58)57-28-19-22-41(57)47(65-14)36(9)48(59)52-40(51(62)63)30-38-20-17-16-18-21-38/h16-18,20-21,23-26,32-36,40-42,44-47H,15,19,22,27-31H2,1-14H3,(H,52,59)(H,53,60)(H,62,63)/t35-,36+,40-,41-,42+,44-,45-,46-,47+/m0/s1. The fraction of sp³-hybridized carbons (Fsp3) is 0.667. The quantitative estimate of drug-likeness (QED) is 0.104. The smallest absolute Gasteiger partial charge is 0.326 e. The van der Waals surface area contributed by atoms with Crippen LogP contribution in [0, 0.1) is 23.7 Å². The van der Waals surface area contributed by atoms with Gasteiger partial charge in [-0.15, -0.1) is 0 Å². The number of likely N-dealkylation sites (N-methyl/N-ethyl adjacent to an activating group) is 2. The topological polar surface area (TPSA) is 161 Å². The molecule has 0 aromatic heterocycles. The molecule has 1 saturated heterocycles. The number of ether oxygens (including phenoxy) is 2. The first kappa shape index (κ1) is 54.8. The number of carbonyl (C=O) groups excluding carboxylic acids is 4. The molecule has 14 nitrogen and oxygen atoms in total. The Morgan fingerprint density at radius 1 is 0.815 bits per heavy atom. The number of anilines is 1. The molecule has 0 bridgehead atoms. The zero-order valence-electron chi connectivity index (χ0n) is 41.9. The van der Waals surface area contributed by atoms with Crippen molar-refractivity contribution in [1.29, 1.82) is 0 Å². The normalized spacial score (nSPS) is 17.9. The average molecular weight is 907 g/mol. The number of rotatable bonds is 26. The molecule has 0 unspecified atom stereocenters. The molecule has 3 rings (SSSR count). The van der Waals surface area contributed by atoms with Gasteiger partial charge in [0, 0.05) is 59.6 Å². The summed E-state index contributed by atoms with van der Waals surface area (Å²) < 4.78 is 12.0. The third-order valence-electron chi connectivity index (χ3n) is 13.6. The number of carboxylic acid groups (broad SMARTS) is 1. The molecular formula is C51H82N6O8. The van der Waals surface area contributed by atoms with Gasteiger partial charge in [0.1, 0.15) is 12.1 Å². The van der Waals surface area contributed by atoms with Crippen LogP contribution in [0.2, 0.25) is 0 Å². The number of hydrogen-bond acceptors (Lipinski definition) is 9. The van der Waals surface area contributed by atoms with Crippen molar-refractivity contribution < 1.29 is 38.6 Å². The highest BCUT2D eigenvalue weighted by atomic mass is 16.5. The van der Waals surface area contributed by atoms with E-state index < -0.39 is 60.2 Å². The van der Waals surface area contributed by atoms with Gasteiger partial charge in [-0.3, -0.25) is 24.1 Å². The molecule has 1 aliphatic rings. The highest BCUT2D eigenvalue weighted by Crippen LogP contribution is 2.30. The molecule has 4 amide bonds. The van der Waals surface area contributed by atoms with Gasteiger partial charge in [-0.2, -0.15) is 0 Å². The summed E-state index contributed by atoms with van der Waals surface area (Å²) in [5, 5.41) is 15.8. The van der Waals surface area contributed by atoms with Crippen molar-refractivity contribution in [3.05, 3.63) is 65.7 Å². The Labute approximate surface area is 390 Å². The summed E-state index contributed by atoms with van der Waals surface area (Å²) in [5.74, 6) is -3.35. The average Bonchev–Trinajstić information content (AvgIpc) is 3.76. The summed E-state index contributed by atoms with van der Waals surface area (Å²) in [6.07, 6.45) is 1.50. The summed E-state index contributed by atoms with van der Waals surface area (Å²) in [4.78, 5) is 76.7. The molecule has 0 radical (unpaired) electrons. The number of hydrogen-bond donors (Lipinski definition) is 3. The van der Waals surface area contributed by atoms with E-state index in [1.54, 1.807) is 30.9 Å². The van der Waals surface area contributed by atoms with Gasteiger partial charge in [0.15, 0.2) is 0 Å². The van der Waals surface area contributed by atoms with E-state index in [4.69, 9.17) is 9.47 Å². The van der Waals surface area contributed by atoms with Gasteiger partial charge in [0.2, 0.25) is 23.6 Å². The van der Waals surface area contributed by atoms with Gasteiger partial charge in [-0.25, -0.2) is 4.79 Å². The van der Waals surface area contributed by atoms with E-state index in [0.29, 0.717) is 38.4 Å². The number of carbonyl (C=O) groups is 5. The van der Waals surface area contributed by atoms with E-state index >= 15 is 0 Å². The fourth-order valence-corrected chi connectivity index (χ4v) is 9.28. The Bertz CT molecular complexity index is 1810. The number of nitrogens with zero attached hydrogens (tertiary/aromatic N) is 4. The third-order valence-corrected chi connectivity index (χ3v) is 13.6. The van der Waals surface area contributed by atoms with E-state index in [0.717, 1.165) is 17.7 Å². The van der Waals surface area contributed by atoms with E-state index in [1.807, 2.05) is 78.9 Å². The molecule has 0 aliphatic carbocycles. The molecule has 2 aromatic rings. The molecule has 364 valence electrons. The monoisotopic (exact) mass is 907 g/mol. The van der Waals surface area contributed by atoms with Crippen molar-refractivity contribution in [3.8, 4) is 0 Å². The Balaban J connectivity index is 1.75. The van der Waals surface area contributed by atoms with Crippen LogP contribution in [-0.2, 0) is 46.3 Å². The first-order chi connectivity index (χ1) is 30.7. The number of carboxylic acids is 1. The van der Waals surface area contributed by atoms with Crippen LogP contribution in [0.1, 0.15) is 99.1 Å². The lowest BCUT2D eigenvalue weighted by atomic mass is 9.89. The number of amides is 4. The highest BCUT2D eigenvalue weighted by Gasteiger charge is 2.43. The van der Waals surface area contributed by atoms with Gasteiger partial charge in [-0.1, -0.05) is 97.4 Å². The SMILES string of the molecule is CC[C@H](C)[C@@H]([C@@H](CC(=O)N1CCC[C@H]1[C@H](OC)[C@@H](C)C(=O)N[C@@H](Cc1ccccc1)C(=O)O)OC)N(C)C(=O)[C@@H](NC(=O)[C@H](C(C)C)N(C)CCc1ccc(N(C)C(C)C)cc1)C(C)C. The predicted molar refractivity (Wildman–Crippen MR) is 258 cm³/mol. The van der Waals surface area contributed by atoms with Crippen molar-refractivity contribution in [2.75, 3.05) is 53.4 Å². The van der Waals surface area contributed by atoms with Crippen molar-refractivity contribution in [1.82, 2.24) is 25.3 Å². The molecule has 1 fully saturated rings. The van der Waals surface area contributed by atoms with Crippen LogP contribution in [0.4, 0.5) is 5.69 Å². The molecule has 1 heterocycles. The second-order valence-corrected chi connectivity index (χ2v) is 19.2. The maximum Gasteiger partial charge on any atom is 0.326 e. The van der Waals surface area contributed by atoms with Crippen LogP contribution >= 0.6 is 0 Å². The number of methoxy groups -OCH3 is 2. The molecule has 9 atom stereocenters. The second-order valence-electron chi connectivity index (χ2n) is 19.2. The maximum atomic E-state index is 14.6. The van der Waals surface area contributed by atoms with Crippen LogP contribution in [0.15, 0.2) is 54.6 Å². The molecule has 65 heavy (non-hydrogen) atoms. The minimum absolute atomic E-state index is 0.0229. The van der Waals surface area contributed by atoms with E-state index in [1.165, 1.54) is 12.7 Å². The van der Waals surface area contributed by atoms with Crippen LogP contribution in [0.25, 0.3) is 0 Å². The van der Waals surface area contributed by atoms with Crippen LogP contribution < -0.4 is 15.5 Å². The van der Waals surface area contributed by atoms with Gasteiger partial charge in [0.25, 0.3) is 0 Å². The minimum atomic E-state index is -1.14. The molecular weight excluding hydrogens is 825 g/mol. The summed E-state index contributed by atoms with van der Waals surface area (Å²) in [6.45, 7) is 19.1. The molecule has 0 spiro atoms. The van der Waals surface area contributed by atoms with Gasteiger partial charge in [-0.05, 0) is 81.2 Å².